The van der Waals surface area contributed by atoms with Gasteiger partial charge in [-0.25, -0.2) is 4.79 Å². The van der Waals surface area contributed by atoms with Crippen LogP contribution in [0.4, 0.5) is 0 Å². The number of carbonyl (C=O) groups is 1. The molecule has 2 aromatic rings. The average Bonchev–Trinajstić information content (AvgIpc) is 2.39. The van der Waals surface area contributed by atoms with Crippen LogP contribution in [0.2, 0.25) is 5.02 Å². The minimum atomic E-state index is -1.28. The number of hydrogen-bond donors (Lipinski definition) is 1. The second kappa shape index (κ2) is 5.58. The van der Waals surface area contributed by atoms with Crippen LogP contribution in [0.25, 0.3) is 0 Å². The van der Waals surface area contributed by atoms with E-state index in [4.69, 9.17) is 21.5 Å². The van der Waals surface area contributed by atoms with E-state index in [2.05, 4.69) is 0 Å². The molecule has 0 aliphatic carbocycles. The lowest BCUT2D eigenvalue weighted by molar-refractivity contribution is 0.0668. The number of aromatic carboxylic acids is 1. The lowest BCUT2D eigenvalue weighted by Crippen LogP contribution is -2.30. The molecule has 19 heavy (non-hydrogen) atoms. The Balaban J connectivity index is 2.16. The third-order valence-corrected chi connectivity index (χ3v) is 2.68. The lowest BCUT2D eigenvalue weighted by Gasteiger charge is -2.08. The number of aromatic nitrogens is 1. The van der Waals surface area contributed by atoms with Gasteiger partial charge in [0, 0.05) is 11.2 Å². The van der Waals surface area contributed by atoms with Crippen molar-refractivity contribution in [3.8, 4) is 0 Å². The molecule has 0 amide bonds. The van der Waals surface area contributed by atoms with E-state index in [1.165, 1.54) is 18.3 Å². The molecule has 1 N–H and O–H groups in total. The quantitative estimate of drug-likeness (QED) is 0.927. The number of pyridine rings is 1. The van der Waals surface area contributed by atoms with Crippen molar-refractivity contribution >= 4 is 17.6 Å². The Bertz CT molecular complexity index is 648. The van der Waals surface area contributed by atoms with Crippen LogP contribution in [-0.2, 0) is 6.61 Å². The highest BCUT2D eigenvalue weighted by atomic mass is 35.5. The van der Waals surface area contributed by atoms with Crippen molar-refractivity contribution in [1.29, 1.82) is 0 Å². The van der Waals surface area contributed by atoms with Crippen molar-refractivity contribution in [2.45, 2.75) is 6.61 Å². The molecule has 2 rings (SSSR count). The molecule has 6 heteroatoms. The second-order valence-corrected chi connectivity index (χ2v) is 4.19. The van der Waals surface area contributed by atoms with Gasteiger partial charge in [-0.2, -0.15) is 4.73 Å². The Hall–Kier alpha value is -2.27. The first-order valence-electron chi connectivity index (χ1n) is 5.40. The standard InChI is InChI=1S/C13H10ClNO4/c14-10-5-3-9(4-6-10)8-19-15-7-1-2-11(12(15)16)13(17)18/h1-7H,8H2,(H,17,18). The van der Waals surface area contributed by atoms with Crippen LogP contribution < -0.4 is 10.4 Å². The maximum atomic E-state index is 11.7. The minimum absolute atomic E-state index is 0.139. The predicted molar refractivity (Wildman–Crippen MR) is 69.4 cm³/mol. The lowest BCUT2D eigenvalue weighted by atomic mass is 10.2. The Labute approximate surface area is 113 Å². The van der Waals surface area contributed by atoms with E-state index in [0.29, 0.717) is 5.02 Å². The molecule has 1 aromatic heterocycles. The van der Waals surface area contributed by atoms with Gasteiger partial charge in [-0.05, 0) is 29.8 Å². The Kier molecular flexibility index (Phi) is 3.87. The zero-order valence-electron chi connectivity index (χ0n) is 9.75. The number of nitrogens with zero attached hydrogens (tertiary/aromatic N) is 1. The van der Waals surface area contributed by atoms with Gasteiger partial charge in [0.1, 0.15) is 12.2 Å². The molecule has 0 aliphatic heterocycles. The van der Waals surface area contributed by atoms with Crippen LogP contribution in [0.3, 0.4) is 0 Å². The normalized spacial score (nSPS) is 10.2. The van der Waals surface area contributed by atoms with E-state index in [9.17, 15) is 9.59 Å². The number of hydrogen-bond acceptors (Lipinski definition) is 3. The summed E-state index contributed by atoms with van der Waals surface area (Å²) >= 11 is 5.75. The van der Waals surface area contributed by atoms with Crippen molar-refractivity contribution in [3.63, 3.8) is 0 Å². The predicted octanol–water partition coefficient (Wildman–Crippen LogP) is 1.83. The number of halogens is 1. The molecule has 0 bridgehead atoms. The van der Waals surface area contributed by atoms with E-state index < -0.39 is 11.5 Å². The summed E-state index contributed by atoms with van der Waals surface area (Å²) in [4.78, 5) is 27.8. The Morgan fingerprint density at radius 3 is 2.58 bits per heavy atom. The fourth-order valence-corrected chi connectivity index (χ4v) is 1.59. The monoisotopic (exact) mass is 279 g/mol. The fourth-order valence-electron chi connectivity index (χ4n) is 1.46. The molecular formula is C13H10ClNO4. The number of rotatable bonds is 4. The van der Waals surface area contributed by atoms with Crippen LogP contribution >= 0.6 is 11.6 Å². The molecule has 1 aromatic carbocycles. The van der Waals surface area contributed by atoms with Gasteiger partial charge in [0.15, 0.2) is 0 Å². The van der Waals surface area contributed by atoms with E-state index in [-0.39, 0.29) is 12.2 Å². The van der Waals surface area contributed by atoms with Gasteiger partial charge in [0.05, 0.1) is 0 Å². The topological polar surface area (TPSA) is 68.5 Å². The highest BCUT2D eigenvalue weighted by molar-refractivity contribution is 6.30. The molecule has 0 spiro atoms. The van der Waals surface area contributed by atoms with Crippen molar-refractivity contribution in [2.75, 3.05) is 0 Å². The summed E-state index contributed by atoms with van der Waals surface area (Å²) in [7, 11) is 0. The molecule has 0 atom stereocenters. The summed E-state index contributed by atoms with van der Waals surface area (Å²) in [6.07, 6.45) is 1.37. The summed E-state index contributed by atoms with van der Waals surface area (Å²) in [6.45, 7) is 0.139. The van der Waals surface area contributed by atoms with Crippen LogP contribution in [-0.4, -0.2) is 15.8 Å². The van der Waals surface area contributed by atoms with Gasteiger partial charge in [0.2, 0.25) is 0 Å². The first kappa shape index (κ1) is 13.2. The third-order valence-electron chi connectivity index (χ3n) is 2.43. The maximum absolute atomic E-state index is 11.7. The summed E-state index contributed by atoms with van der Waals surface area (Å²) < 4.78 is 0.901. The van der Waals surface area contributed by atoms with E-state index >= 15 is 0 Å². The Morgan fingerprint density at radius 2 is 1.95 bits per heavy atom. The minimum Gasteiger partial charge on any atom is -0.477 e. The van der Waals surface area contributed by atoms with Gasteiger partial charge >= 0.3 is 5.97 Å². The van der Waals surface area contributed by atoms with Crippen LogP contribution in [0.15, 0.2) is 47.4 Å². The van der Waals surface area contributed by atoms with Crippen molar-refractivity contribution in [2.24, 2.45) is 0 Å². The third kappa shape index (κ3) is 3.14. The van der Waals surface area contributed by atoms with Gasteiger partial charge in [0.25, 0.3) is 5.56 Å². The largest absolute Gasteiger partial charge is 0.477 e. The summed E-state index contributed by atoms with van der Waals surface area (Å²) in [5, 5.41) is 9.43. The van der Waals surface area contributed by atoms with E-state index in [1.807, 2.05) is 0 Å². The smallest absolute Gasteiger partial charge is 0.341 e. The maximum Gasteiger partial charge on any atom is 0.341 e. The Morgan fingerprint density at radius 1 is 1.26 bits per heavy atom. The summed E-state index contributed by atoms with van der Waals surface area (Å²) in [5.74, 6) is -1.28. The molecule has 98 valence electrons. The molecule has 0 unspecified atom stereocenters. The second-order valence-electron chi connectivity index (χ2n) is 3.76. The number of benzene rings is 1. The van der Waals surface area contributed by atoms with Crippen molar-refractivity contribution in [3.05, 3.63) is 69.1 Å². The zero-order valence-corrected chi connectivity index (χ0v) is 10.5. The average molecular weight is 280 g/mol. The first-order valence-corrected chi connectivity index (χ1v) is 5.78. The van der Waals surface area contributed by atoms with Gasteiger partial charge in [-0.1, -0.05) is 23.7 Å². The molecule has 0 saturated heterocycles. The molecule has 0 saturated carbocycles. The van der Waals surface area contributed by atoms with Crippen LogP contribution in [0.1, 0.15) is 15.9 Å². The van der Waals surface area contributed by atoms with E-state index in [1.54, 1.807) is 24.3 Å². The van der Waals surface area contributed by atoms with Crippen LogP contribution in [0.5, 0.6) is 0 Å². The van der Waals surface area contributed by atoms with Gasteiger partial charge in [-0.3, -0.25) is 4.79 Å². The molecular weight excluding hydrogens is 270 g/mol. The van der Waals surface area contributed by atoms with Gasteiger partial charge < -0.3 is 9.94 Å². The molecule has 0 fully saturated rings. The fraction of sp³-hybridized carbons (Fsp3) is 0.0769. The molecule has 0 aliphatic rings. The van der Waals surface area contributed by atoms with Gasteiger partial charge in [-0.15, -0.1) is 0 Å². The first-order chi connectivity index (χ1) is 9.08. The SMILES string of the molecule is O=C(O)c1cccn(OCc2ccc(Cl)cc2)c1=O. The molecule has 0 radical (unpaired) electrons. The summed E-state index contributed by atoms with van der Waals surface area (Å²) in [5.41, 5.74) is -0.223. The highest BCUT2D eigenvalue weighted by Gasteiger charge is 2.10. The van der Waals surface area contributed by atoms with Crippen molar-refractivity contribution < 1.29 is 14.7 Å². The molecule has 5 nitrogen and oxygen atoms in total. The van der Waals surface area contributed by atoms with E-state index in [0.717, 1.165) is 10.3 Å². The number of carboxylic acid groups (broad SMARTS) is 1. The highest BCUT2D eigenvalue weighted by Crippen LogP contribution is 2.09. The van der Waals surface area contributed by atoms with Crippen molar-refractivity contribution in [1.82, 2.24) is 4.73 Å². The van der Waals surface area contributed by atoms with Crippen LogP contribution in [0, 0.1) is 0 Å². The summed E-state index contributed by atoms with van der Waals surface area (Å²) in [6, 6.07) is 9.59. The number of carboxylic acids is 1. The zero-order chi connectivity index (χ0) is 13.8. The molecule has 1 heterocycles.